The summed E-state index contributed by atoms with van der Waals surface area (Å²) >= 11 is 5.55. The van der Waals surface area contributed by atoms with Gasteiger partial charge in [0.2, 0.25) is 0 Å². The molecule has 0 radical (unpaired) electrons. The Labute approximate surface area is 138 Å². The van der Waals surface area contributed by atoms with Gasteiger partial charge >= 0.3 is 6.18 Å². The minimum Gasteiger partial charge on any atom is -0.247 e. The summed E-state index contributed by atoms with van der Waals surface area (Å²) in [4.78, 5) is 3.53. The van der Waals surface area contributed by atoms with E-state index in [4.69, 9.17) is 11.6 Å². The largest absolute Gasteiger partial charge is 0.419 e. The van der Waals surface area contributed by atoms with Crippen LogP contribution in [0.15, 0.2) is 56.3 Å². The highest BCUT2D eigenvalue weighted by molar-refractivity contribution is 7.99. The van der Waals surface area contributed by atoms with E-state index in [0.29, 0.717) is 6.07 Å². The number of aromatic nitrogens is 1. The SMILES string of the molecule is C[S@@](=NS(=O)(=O)c1ccccc1)c1ncc(Cl)cc1C(F)(F)F. The predicted octanol–water partition coefficient (Wildman–Crippen LogP) is 3.93. The van der Waals surface area contributed by atoms with Crippen LogP contribution in [0.2, 0.25) is 5.02 Å². The van der Waals surface area contributed by atoms with Crippen LogP contribution in [-0.4, -0.2) is 19.7 Å². The molecule has 0 unspecified atom stereocenters. The smallest absolute Gasteiger partial charge is 0.247 e. The topological polar surface area (TPSA) is 59.4 Å². The van der Waals surface area contributed by atoms with Crippen molar-refractivity contribution in [2.75, 3.05) is 6.26 Å². The van der Waals surface area contributed by atoms with Crippen LogP contribution in [0.25, 0.3) is 0 Å². The number of pyridine rings is 1. The Morgan fingerprint density at radius 3 is 2.39 bits per heavy atom. The number of alkyl halides is 3. The average Bonchev–Trinajstić information content (AvgIpc) is 2.46. The fraction of sp³-hybridized carbons (Fsp3) is 0.154. The lowest BCUT2D eigenvalue weighted by molar-refractivity contribution is -0.140. The quantitative estimate of drug-likeness (QED) is 0.808. The molecule has 0 aliphatic rings. The van der Waals surface area contributed by atoms with Gasteiger partial charge in [0, 0.05) is 6.20 Å². The normalized spacial score (nSPS) is 14.0. The minimum absolute atomic E-state index is 0.0955. The monoisotopic (exact) mass is 382 g/mol. The predicted molar refractivity (Wildman–Crippen MR) is 81.9 cm³/mol. The Bertz CT molecular complexity index is 853. The van der Waals surface area contributed by atoms with Crippen molar-refractivity contribution in [1.29, 1.82) is 0 Å². The van der Waals surface area contributed by atoms with Crippen LogP contribution in [0.4, 0.5) is 13.2 Å². The molecule has 0 aliphatic heterocycles. The van der Waals surface area contributed by atoms with Crippen LogP contribution in [0, 0.1) is 0 Å². The van der Waals surface area contributed by atoms with Gasteiger partial charge in [0.25, 0.3) is 10.0 Å². The number of benzene rings is 1. The molecule has 23 heavy (non-hydrogen) atoms. The summed E-state index contributed by atoms with van der Waals surface area (Å²) in [6.45, 7) is 0. The van der Waals surface area contributed by atoms with E-state index in [1.54, 1.807) is 6.07 Å². The van der Waals surface area contributed by atoms with Gasteiger partial charge in [-0.15, -0.1) is 3.77 Å². The van der Waals surface area contributed by atoms with Crippen LogP contribution in [0.3, 0.4) is 0 Å². The van der Waals surface area contributed by atoms with Crippen molar-refractivity contribution in [3.05, 3.63) is 53.2 Å². The summed E-state index contributed by atoms with van der Waals surface area (Å²) < 4.78 is 67.0. The molecule has 2 rings (SSSR count). The first-order chi connectivity index (χ1) is 10.6. The highest BCUT2D eigenvalue weighted by atomic mass is 35.5. The van der Waals surface area contributed by atoms with Gasteiger partial charge in [0.15, 0.2) is 0 Å². The van der Waals surface area contributed by atoms with Gasteiger partial charge in [-0.3, -0.25) is 0 Å². The van der Waals surface area contributed by atoms with Crippen molar-refractivity contribution >= 4 is 32.3 Å². The molecule has 0 bridgehead atoms. The number of hydrogen-bond donors (Lipinski definition) is 0. The molecule has 0 amide bonds. The number of nitrogens with zero attached hydrogens (tertiary/aromatic N) is 2. The van der Waals surface area contributed by atoms with Crippen LogP contribution in [0.5, 0.6) is 0 Å². The van der Waals surface area contributed by atoms with Crippen molar-refractivity contribution < 1.29 is 21.6 Å². The standard InChI is InChI=1S/C13H10ClF3N2O2S2/c1-22(19-23(20,21)10-5-3-2-4-6-10)12-11(13(15,16)17)7-9(14)8-18-12/h2-8H,1H3/t22-/m1/s1. The molecule has 10 heteroatoms. The Kier molecular flexibility index (Phi) is 5.12. The number of sulfonamides is 1. The molecule has 1 heterocycles. The third-order valence-corrected chi connectivity index (χ3v) is 6.29. The second kappa shape index (κ2) is 6.58. The van der Waals surface area contributed by atoms with Gasteiger partial charge in [-0.25, -0.2) is 4.98 Å². The molecule has 4 nitrogen and oxygen atoms in total. The summed E-state index contributed by atoms with van der Waals surface area (Å²) in [5, 5.41) is -0.662. The van der Waals surface area contributed by atoms with Crippen molar-refractivity contribution in [2.45, 2.75) is 16.1 Å². The Morgan fingerprint density at radius 1 is 1.22 bits per heavy atom. The maximum atomic E-state index is 13.1. The highest BCUT2D eigenvalue weighted by Crippen LogP contribution is 2.34. The Balaban J connectivity index is 2.55. The molecule has 2 aromatic rings. The van der Waals surface area contributed by atoms with Gasteiger partial charge < -0.3 is 0 Å². The zero-order valence-electron chi connectivity index (χ0n) is 11.6. The summed E-state index contributed by atoms with van der Waals surface area (Å²) in [6.07, 6.45) is -2.42. The molecular weight excluding hydrogens is 373 g/mol. The highest BCUT2D eigenvalue weighted by Gasteiger charge is 2.35. The van der Waals surface area contributed by atoms with E-state index >= 15 is 0 Å². The lowest BCUT2D eigenvalue weighted by atomic mass is 10.3. The van der Waals surface area contributed by atoms with Gasteiger partial charge in [-0.05, 0) is 35.1 Å². The lowest BCUT2D eigenvalue weighted by Gasteiger charge is -2.12. The fourth-order valence-corrected chi connectivity index (χ4v) is 4.84. The molecular formula is C13H10ClF3N2O2S2. The molecule has 1 aromatic carbocycles. The zero-order chi connectivity index (χ0) is 17.3. The van der Waals surface area contributed by atoms with E-state index in [-0.39, 0.29) is 9.92 Å². The van der Waals surface area contributed by atoms with E-state index in [2.05, 4.69) is 8.75 Å². The van der Waals surface area contributed by atoms with Crippen LogP contribution in [-0.2, 0) is 26.9 Å². The lowest BCUT2D eigenvalue weighted by Crippen LogP contribution is -2.12. The molecule has 0 saturated heterocycles. The molecule has 1 atom stereocenters. The van der Waals surface area contributed by atoms with E-state index in [9.17, 15) is 21.6 Å². The summed E-state index contributed by atoms with van der Waals surface area (Å²) in [5.74, 6) is 0. The van der Waals surface area contributed by atoms with Crippen LogP contribution < -0.4 is 0 Å². The van der Waals surface area contributed by atoms with E-state index in [1.165, 1.54) is 30.5 Å². The molecule has 0 spiro atoms. The minimum atomic E-state index is -4.71. The fourth-order valence-electron chi connectivity index (χ4n) is 1.68. The number of rotatable bonds is 3. The molecule has 1 aromatic heterocycles. The zero-order valence-corrected chi connectivity index (χ0v) is 14.0. The molecule has 0 N–H and O–H groups in total. The molecule has 124 valence electrons. The third-order valence-electron chi connectivity index (χ3n) is 2.65. The van der Waals surface area contributed by atoms with Crippen molar-refractivity contribution in [3.8, 4) is 0 Å². The average molecular weight is 383 g/mol. The second-order valence-corrected chi connectivity index (χ2v) is 8.14. The second-order valence-electron chi connectivity index (χ2n) is 4.34. The van der Waals surface area contributed by atoms with E-state index in [1.807, 2.05) is 0 Å². The van der Waals surface area contributed by atoms with Crippen molar-refractivity contribution in [2.24, 2.45) is 3.77 Å². The van der Waals surface area contributed by atoms with Gasteiger partial charge in [-0.1, -0.05) is 29.8 Å². The Hall–Kier alpha value is -1.45. The first-order valence-corrected chi connectivity index (χ1v) is 9.44. The number of hydrogen-bond acceptors (Lipinski definition) is 3. The van der Waals surface area contributed by atoms with Crippen LogP contribution in [0.1, 0.15) is 5.56 Å². The van der Waals surface area contributed by atoms with Gasteiger partial charge in [0.05, 0.1) is 15.5 Å². The molecule has 0 saturated carbocycles. The summed E-state index contributed by atoms with van der Waals surface area (Å²) in [5.41, 5.74) is -1.09. The van der Waals surface area contributed by atoms with Crippen LogP contribution >= 0.6 is 11.6 Å². The molecule has 0 aliphatic carbocycles. The van der Waals surface area contributed by atoms with Gasteiger partial charge in [0.1, 0.15) is 5.03 Å². The third kappa shape index (κ3) is 4.30. The summed E-state index contributed by atoms with van der Waals surface area (Å²) in [6, 6.07) is 7.95. The molecule has 0 fully saturated rings. The maximum absolute atomic E-state index is 13.1. The van der Waals surface area contributed by atoms with Crippen molar-refractivity contribution in [3.63, 3.8) is 0 Å². The maximum Gasteiger partial charge on any atom is 0.419 e. The Morgan fingerprint density at radius 2 is 1.83 bits per heavy atom. The van der Waals surface area contributed by atoms with E-state index < -0.39 is 37.5 Å². The summed E-state index contributed by atoms with van der Waals surface area (Å²) in [7, 11) is -5.71. The van der Waals surface area contributed by atoms with Crippen molar-refractivity contribution in [1.82, 2.24) is 4.98 Å². The number of halogens is 4. The van der Waals surface area contributed by atoms with E-state index in [0.717, 1.165) is 6.20 Å². The first kappa shape index (κ1) is 17.9. The van der Waals surface area contributed by atoms with Gasteiger partial charge in [-0.2, -0.15) is 21.6 Å². The first-order valence-electron chi connectivity index (χ1n) is 6.03.